The molecule has 0 bridgehead atoms. The number of hydrogen-bond acceptors (Lipinski definition) is 18. The number of aliphatic hydroxyl groups excluding tert-OH is 2. The standard InChI is InChI=1S/2C16H16N2O4.2C2H4O2.2CH4O.3Co/c2*1-21-13-7-3-5-11(15(13)19)9-17-18-10-12-6-4-8-14(22-2)16(12)20;2*1-2(3)4;2*1-2;;;/h2*3-10,19-20H,1-2H3;2*1H3,(H,3,4);2*2H,1H3;;;/q;;;;;;3*+2/p-6/b2*17-9+,18-10+;;;;;;;. The van der Waals surface area contributed by atoms with Gasteiger partial charge in [-0.3, -0.25) is 0 Å². The summed E-state index contributed by atoms with van der Waals surface area (Å²) < 4.78 is 19.7. The van der Waals surface area contributed by atoms with Crippen molar-refractivity contribution in [2.45, 2.75) is 13.8 Å². The molecule has 0 aliphatic rings. The number of para-hydroxylation sites is 4. The minimum absolute atomic E-state index is 0. The van der Waals surface area contributed by atoms with Crippen LogP contribution in [0.3, 0.4) is 0 Å². The molecule has 0 heterocycles. The molecule has 0 aromatic heterocycles. The predicted octanol–water partition coefficient (Wildman–Crippen LogP) is -0.670. The summed E-state index contributed by atoms with van der Waals surface area (Å²) in [5, 5.41) is 94.4. The van der Waals surface area contributed by atoms with Crippen molar-refractivity contribution in [2.75, 3.05) is 42.7 Å². The van der Waals surface area contributed by atoms with E-state index in [1.165, 1.54) is 53.3 Å². The maximum atomic E-state index is 11.9. The monoisotopic (exact) mass is 955 g/mol. The number of benzene rings is 4. The fourth-order valence-corrected chi connectivity index (χ4v) is 3.56. The fourth-order valence-electron chi connectivity index (χ4n) is 3.56. The van der Waals surface area contributed by atoms with Gasteiger partial charge >= 0.3 is 50.3 Å². The molecule has 4 aromatic carbocycles. The van der Waals surface area contributed by atoms with Crippen molar-refractivity contribution in [2.24, 2.45) is 20.4 Å². The van der Waals surface area contributed by atoms with Crippen LogP contribution in [0.25, 0.3) is 0 Å². The molecule has 0 atom stereocenters. The van der Waals surface area contributed by atoms with Gasteiger partial charge in [0.2, 0.25) is 0 Å². The first-order chi connectivity index (χ1) is 26.8. The minimum atomic E-state index is -1.08. The fraction of sp³-hybridized carbons (Fsp3) is 0.211. The summed E-state index contributed by atoms with van der Waals surface area (Å²) in [5.74, 6) is -2.29. The second-order valence-corrected chi connectivity index (χ2v) is 9.48. The number of ether oxygens (including phenoxy) is 4. The Morgan fingerprint density at radius 2 is 0.593 bits per heavy atom. The van der Waals surface area contributed by atoms with Crippen LogP contribution < -0.4 is 49.6 Å². The van der Waals surface area contributed by atoms with Gasteiger partial charge in [-0.1, -0.05) is 71.5 Å². The number of carboxylic acid groups (broad SMARTS) is 2. The molecular formula is C38H42Co3N4O14. The van der Waals surface area contributed by atoms with Crippen molar-refractivity contribution in [3.05, 3.63) is 95.1 Å². The first-order valence-corrected chi connectivity index (χ1v) is 15.5. The van der Waals surface area contributed by atoms with Crippen molar-refractivity contribution in [3.63, 3.8) is 0 Å². The average Bonchev–Trinajstić information content (AvgIpc) is 3.18. The van der Waals surface area contributed by atoms with Gasteiger partial charge in [0.05, 0.1) is 53.3 Å². The third-order valence-corrected chi connectivity index (χ3v) is 5.84. The van der Waals surface area contributed by atoms with Gasteiger partial charge in [0, 0.05) is 26.2 Å². The summed E-state index contributed by atoms with van der Waals surface area (Å²) in [6.07, 6.45) is 5.25. The third-order valence-electron chi connectivity index (χ3n) is 5.84. The van der Waals surface area contributed by atoms with Crippen LogP contribution in [0.4, 0.5) is 0 Å². The van der Waals surface area contributed by atoms with E-state index in [9.17, 15) is 20.4 Å². The van der Waals surface area contributed by atoms with Crippen molar-refractivity contribution in [3.8, 4) is 46.0 Å². The number of methoxy groups -OCH3 is 4. The smallest absolute Gasteiger partial charge is 0.870 e. The Kier molecular flexibility index (Phi) is 40.2. The number of nitrogens with zero attached hydrogens (tertiary/aromatic N) is 4. The Hall–Kier alpha value is -5.66. The summed E-state index contributed by atoms with van der Waals surface area (Å²) >= 11 is 0. The van der Waals surface area contributed by atoms with E-state index < -0.39 is 11.9 Å². The molecule has 0 fully saturated rings. The Bertz CT molecular complexity index is 1630. The van der Waals surface area contributed by atoms with E-state index in [0.29, 0.717) is 22.3 Å². The molecule has 0 aliphatic carbocycles. The van der Waals surface area contributed by atoms with Crippen LogP contribution in [0, 0.1) is 0 Å². The van der Waals surface area contributed by atoms with E-state index in [1.54, 1.807) is 72.8 Å². The predicted molar refractivity (Wildman–Crippen MR) is 198 cm³/mol. The van der Waals surface area contributed by atoms with Crippen molar-refractivity contribution in [1.29, 1.82) is 0 Å². The zero-order valence-corrected chi connectivity index (χ0v) is 35.9. The molecule has 4 aromatic rings. The number of carbonyl (C=O) groups is 2. The van der Waals surface area contributed by atoms with Crippen molar-refractivity contribution < 1.29 is 120 Å². The van der Waals surface area contributed by atoms with Gasteiger partial charge in [-0.05, 0) is 60.4 Å². The van der Waals surface area contributed by atoms with Gasteiger partial charge in [-0.25, -0.2) is 0 Å². The van der Waals surface area contributed by atoms with E-state index in [0.717, 1.165) is 28.1 Å². The maximum Gasteiger partial charge on any atom is 2.00 e. The molecule has 3 radical (unpaired) electrons. The zero-order valence-electron chi connectivity index (χ0n) is 32.8. The number of aliphatic hydroxyl groups is 2. The quantitative estimate of drug-likeness (QED) is 0.147. The summed E-state index contributed by atoms with van der Waals surface area (Å²) in [5.41, 5.74) is 1.41. The van der Waals surface area contributed by atoms with Crippen LogP contribution in [0.15, 0.2) is 93.2 Å². The number of carbonyl (C=O) groups excluding carboxylic acids is 2. The first-order valence-electron chi connectivity index (χ1n) is 15.5. The van der Waals surface area contributed by atoms with Gasteiger partial charge < -0.3 is 69.4 Å². The zero-order chi connectivity index (χ0) is 43.1. The largest absolute Gasteiger partial charge is 2.00 e. The van der Waals surface area contributed by atoms with Crippen LogP contribution in [-0.4, -0.2) is 89.7 Å². The maximum absolute atomic E-state index is 11.9. The SMILES string of the molecule is CC(=O)[O-].CC(=O)[O-].CO.CO.COc1cccc(/C=N/N=C/c2cccc(OC)c2[O-])c1[O-].COc1cccc(/C=N/N=C/c2cccc(OC)c2[O-])c1[O-].[Co+2].[Co+2].[Co+2]. The van der Waals surface area contributed by atoms with Gasteiger partial charge in [-0.15, -0.1) is 0 Å². The van der Waals surface area contributed by atoms with Crippen LogP contribution in [-0.2, 0) is 59.9 Å². The van der Waals surface area contributed by atoms with E-state index in [1.807, 2.05) is 0 Å². The molecule has 0 unspecified atom stereocenters. The molecule has 2 N–H and O–H groups in total. The van der Waals surface area contributed by atoms with Gasteiger partial charge in [0.1, 0.15) is 23.0 Å². The van der Waals surface area contributed by atoms with E-state index in [4.69, 9.17) is 49.0 Å². The molecule has 0 aliphatic heterocycles. The molecular weight excluding hydrogens is 913 g/mol. The van der Waals surface area contributed by atoms with E-state index in [2.05, 4.69) is 20.4 Å². The topological polar surface area (TPSA) is 299 Å². The normalized spacial score (nSPS) is 9.39. The summed E-state index contributed by atoms with van der Waals surface area (Å²) in [7, 11) is 7.70. The first kappa shape index (κ1) is 62.5. The molecule has 0 saturated carbocycles. The molecule has 325 valence electrons. The number of hydrogen-bond donors (Lipinski definition) is 2. The molecule has 0 spiro atoms. The second-order valence-electron chi connectivity index (χ2n) is 9.48. The summed E-state index contributed by atoms with van der Waals surface area (Å²) in [6.45, 7) is 1.94. The average molecular weight is 956 g/mol. The van der Waals surface area contributed by atoms with E-state index >= 15 is 0 Å². The van der Waals surface area contributed by atoms with Gasteiger partial charge in [-0.2, -0.15) is 20.4 Å². The number of rotatable bonds is 10. The molecule has 59 heavy (non-hydrogen) atoms. The minimum Gasteiger partial charge on any atom is -0.870 e. The number of aliphatic carboxylic acids is 2. The molecule has 21 heteroatoms. The van der Waals surface area contributed by atoms with Gasteiger partial charge in [0.15, 0.2) is 0 Å². The third kappa shape index (κ3) is 25.3. The van der Waals surface area contributed by atoms with Crippen LogP contribution in [0.5, 0.6) is 46.0 Å². The summed E-state index contributed by atoms with van der Waals surface area (Å²) in [6, 6.07) is 19.4. The molecule has 0 saturated heterocycles. The van der Waals surface area contributed by atoms with Crippen molar-refractivity contribution in [1.82, 2.24) is 0 Å². The van der Waals surface area contributed by atoms with Crippen LogP contribution in [0.2, 0.25) is 0 Å². The Balaban J connectivity index is -0.000000250. The van der Waals surface area contributed by atoms with E-state index in [-0.39, 0.29) is 96.3 Å². The number of carboxylic acids is 2. The van der Waals surface area contributed by atoms with Crippen LogP contribution in [0.1, 0.15) is 36.1 Å². The Morgan fingerprint density at radius 3 is 0.729 bits per heavy atom. The summed E-state index contributed by atoms with van der Waals surface area (Å²) in [4.78, 5) is 17.8. The second kappa shape index (κ2) is 37.9. The van der Waals surface area contributed by atoms with Gasteiger partial charge in [0.25, 0.3) is 0 Å². The van der Waals surface area contributed by atoms with Crippen molar-refractivity contribution >= 4 is 36.8 Å². The Labute approximate surface area is 372 Å². The van der Waals surface area contributed by atoms with Crippen LogP contribution >= 0.6 is 0 Å². The Morgan fingerprint density at radius 1 is 0.441 bits per heavy atom. The molecule has 0 amide bonds. The molecule has 4 rings (SSSR count). The molecule has 18 nitrogen and oxygen atoms in total.